The van der Waals surface area contributed by atoms with E-state index in [0.29, 0.717) is 12.1 Å². The third kappa shape index (κ3) is 2.39. The van der Waals surface area contributed by atoms with Gasteiger partial charge < -0.3 is 4.90 Å². The minimum Gasteiger partial charge on any atom is -0.313 e. The van der Waals surface area contributed by atoms with Crippen LogP contribution in [0.3, 0.4) is 0 Å². The van der Waals surface area contributed by atoms with E-state index in [0.717, 1.165) is 17.0 Å². The first-order valence-corrected chi connectivity index (χ1v) is 11.5. The highest BCUT2D eigenvalue weighted by Crippen LogP contribution is 2.55. The number of carbonyl (C=O) groups is 3. The fourth-order valence-electron chi connectivity index (χ4n) is 5.38. The third-order valence-corrected chi connectivity index (χ3v) is 7.29. The van der Waals surface area contributed by atoms with Gasteiger partial charge in [0.1, 0.15) is 5.54 Å². The van der Waals surface area contributed by atoms with Gasteiger partial charge in [0.15, 0.2) is 0 Å². The predicted octanol–water partition coefficient (Wildman–Crippen LogP) is 2.39. The topological polar surface area (TPSA) is 69.7 Å². The lowest BCUT2D eigenvalue weighted by molar-refractivity contribution is -0.131. The Morgan fingerprint density at radius 2 is 1.70 bits per heavy atom. The number of likely N-dealkylation sites (N-methyl/N-ethyl adjacent to an activating group) is 1. The van der Waals surface area contributed by atoms with Gasteiger partial charge in [-0.3, -0.25) is 19.7 Å². The molecule has 0 aromatic heterocycles. The van der Waals surface area contributed by atoms with Gasteiger partial charge >= 0.3 is 0 Å². The molecule has 6 nitrogen and oxygen atoms in total. The SMILES string of the molecule is CSCCC1NC2(C(=O)N(C)c3ccccc32)C2C(=O)N(c3ccccc3)C(=O)C12. The summed E-state index contributed by atoms with van der Waals surface area (Å²) in [5.74, 6) is -1.15. The molecule has 3 aliphatic heterocycles. The van der Waals surface area contributed by atoms with E-state index in [-0.39, 0.29) is 23.8 Å². The Morgan fingerprint density at radius 3 is 2.43 bits per heavy atom. The number of hydrogen-bond acceptors (Lipinski definition) is 5. The first kappa shape index (κ1) is 19.3. The maximum Gasteiger partial charge on any atom is 0.252 e. The second-order valence-electron chi connectivity index (χ2n) is 8.07. The smallest absolute Gasteiger partial charge is 0.252 e. The molecule has 2 aromatic carbocycles. The van der Waals surface area contributed by atoms with Crippen molar-refractivity contribution < 1.29 is 14.4 Å². The highest BCUT2D eigenvalue weighted by atomic mass is 32.2. The Hall–Kier alpha value is -2.64. The summed E-state index contributed by atoms with van der Waals surface area (Å²) < 4.78 is 0. The molecule has 0 bridgehead atoms. The number of rotatable bonds is 4. The van der Waals surface area contributed by atoms with E-state index >= 15 is 0 Å². The van der Waals surface area contributed by atoms with E-state index in [4.69, 9.17) is 0 Å². The largest absolute Gasteiger partial charge is 0.313 e. The zero-order valence-electron chi connectivity index (χ0n) is 16.9. The van der Waals surface area contributed by atoms with Crippen molar-refractivity contribution in [1.29, 1.82) is 0 Å². The quantitative estimate of drug-likeness (QED) is 0.768. The third-order valence-electron chi connectivity index (χ3n) is 6.64. The van der Waals surface area contributed by atoms with Gasteiger partial charge in [0.2, 0.25) is 11.8 Å². The molecule has 2 saturated heterocycles. The average molecular weight is 422 g/mol. The van der Waals surface area contributed by atoms with Crippen LogP contribution in [-0.2, 0) is 19.9 Å². The Labute approximate surface area is 179 Å². The molecule has 4 unspecified atom stereocenters. The first-order valence-electron chi connectivity index (χ1n) is 10.1. The van der Waals surface area contributed by atoms with Gasteiger partial charge in [0, 0.05) is 24.3 Å². The molecule has 2 fully saturated rings. The monoisotopic (exact) mass is 421 g/mol. The molecule has 0 saturated carbocycles. The molecule has 0 aliphatic carbocycles. The Balaban J connectivity index is 1.67. The van der Waals surface area contributed by atoms with Crippen LogP contribution in [0.4, 0.5) is 11.4 Å². The summed E-state index contributed by atoms with van der Waals surface area (Å²) in [6, 6.07) is 16.3. The van der Waals surface area contributed by atoms with E-state index in [1.165, 1.54) is 4.90 Å². The first-order chi connectivity index (χ1) is 14.5. The van der Waals surface area contributed by atoms with E-state index in [9.17, 15) is 14.4 Å². The Morgan fingerprint density at radius 1 is 1.00 bits per heavy atom. The maximum atomic E-state index is 13.7. The second kappa shape index (κ2) is 6.96. The Bertz CT molecular complexity index is 1040. The minimum absolute atomic E-state index is 0.165. The molecular weight excluding hydrogens is 398 g/mol. The number of nitrogens with one attached hydrogen (secondary N) is 1. The van der Waals surface area contributed by atoms with Crippen LogP contribution in [0.5, 0.6) is 0 Å². The van der Waals surface area contributed by atoms with Crippen LogP contribution in [0.25, 0.3) is 0 Å². The lowest BCUT2D eigenvalue weighted by Gasteiger charge is -2.30. The van der Waals surface area contributed by atoms with Gasteiger partial charge in [0.25, 0.3) is 5.91 Å². The molecule has 3 heterocycles. The van der Waals surface area contributed by atoms with E-state index in [1.807, 2.05) is 48.7 Å². The number of thioether (sulfide) groups is 1. The molecule has 5 rings (SSSR count). The fraction of sp³-hybridized carbons (Fsp3) is 0.348. The fourth-order valence-corrected chi connectivity index (χ4v) is 5.87. The molecule has 0 radical (unpaired) electrons. The van der Waals surface area contributed by atoms with Crippen molar-refractivity contribution in [2.24, 2.45) is 11.8 Å². The van der Waals surface area contributed by atoms with Crippen LogP contribution >= 0.6 is 11.8 Å². The molecule has 1 spiro atoms. The minimum atomic E-state index is -1.20. The summed E-state index contributed by atoms with van der Waals surface area (Å²) in [4.78, 5) is 43.8. The van der Waals surface area contributed by atoms with Crippen LogP contribution in [0.2, 0.25) is 0 Å². The number of nitrogens with zero attached hydrogens (tertiary/aromatic N) is 2. The van der Waals surface area contributed by atoms with Crippen molar-refractivity contribution >= 4 is 40.9 Å². The van der Waals surface area contributed by atoms with Crippen LogP contribution < -0.4 is 15.1 Å². The van der Waals surface area contributed by atoms with E-state index in [2.05, 4.69) is 5.32 Å². The molecule has 154 valence electrons. The lowest BCUT2D eigenvalue weighted by Crippen LogP contribution is -2.54. The molecular formula is C23H23N3O3S. The van der Waals surface area contributed by atoms with E-state index in [1.54, 1.807) is 35.8 Å². The van der Waals surface area contributed by atoms with Crippen molar-refractivity contribution in [1.82, 2.24) is 5.32 Å². The van der Waals surface area contributed by atoms with Crippen LogP contribution in [-0.4, -0.2) is 42.8 Å². The summed E-state index contributed by atoms with van der Waals surface area (Å²) in [5.41, 5.74) is 0.940. The molecule has 3 amide bonds. The number of amides is 3. The van der Waals surface area contributed by atoms with Crippen LogP contribution in [0.1, 0.15) is 12.0 Å². The summed E-state index contributed by atoms with van der Waals surface area (Å²) in [6.45, 7) is 0. The summed E-state index contributed by atoms with van der Waals surface area (Å²) >= 11 is 1.69. The van der Waals surface area contributed by atoms with Gasteiger partial charge in [-0.05, 0) is 36.6 Å². The summed E-state index contributed by atoms with van der Waals surface area (Å²) in [5, 5.41) is 3.50. The number of hydrogen-bond donors (Lipinski definition) is 1. The van der Waals surface area contributed by atoms with Crippen molar-refractivity contribution in [3.63, 3.8) is 0 Å². The number of imide groups is 1. The average Bonchev–Trinajstić information content (AvgIpc) is 3.32. The standard InChI is InChI=1S/C23H23N3O3S/c1-25-17-11-7-6-10-15(17)23(22(25)29)19-18(16(24-23)12-13-30-2)20(27)26(21(19)28)14-8-4-3-5-9-14/h3-11,16,18-19,24H,12-13H2,1-2H3. The van der Waals surface area contributed by atoms with Gasteiger partial charge in [-0.25, -0.2) is 4.90 Å². The normalized spacial score (nSPS) is 29.8. The molecule has 30 heavy (non-hydrogen) atoms. The molecule has 3 aliphatic rings. The highest BCUT2D eigenvalue weighted by molar-refractivity contribution is 7.98. The number of para-hydroxylation sites is 2. The van der Waals surface area contributed by atoms with Crippen LogP contribution in [0.15, 0.2) is 54.6 Å². The number of carbonyl (C=O) groups excluding carboxylic acids is 3. The number of fused-ring (bicyclic) bond motifs is 4. The highest BCUT2D eigenvalue weighted by Gasteiger charge is 2.71. The number of benzene rings is 2. The van der Waals surface area contributed by atoms with E-state index < -0.39 is 17.4 Å². The molecule has 1 N–H and O–H groups in total. The van der Waals surface area contributed by atoms with Gasteiger partial charge in [-0.1, -0.05) is 36.4 Å². The Kier molecular flexibility index (Phi) is 4.48. The van der Waals surface area contributed by atoms with Crippen LogP contribution in [0, 0.1) is 11.8 Å². The van der Waals surface area contributed by atoms with Crippen molar-refractivity contribution in [3.8, 4) is 0 Å². The predicted molar refractivity (Wildman–Crippen MR) is 117 cm³/mol. The van der Waals surface area contributed by atoms with Crippen molar-refractivity contribution in [3.05, 3.63) is 60.2 Å². The van der Waals surface area contributed by atoms with Crippen molar-refractivity contribution in [2.45, 2.75) is 18.0 Å². The summed E-state index contributed by atoms with van der Waals surface area (Å²) in [7, 11) is 1.73. The lowest BCUT2D eigenvalue weighted by atomic mass is 9.76. The van der Waals surface area contributed by atoms with Gasteiger partial charge in [0.05, 0.1) is 17.5 Å². The van der Waals surface area contributed by atoms with Gasteiger partial charge in [-0.15, -0.1) is 0 Å². The van der Waals surface area contributed by atoms with Gasteiger partial charge in [-0.2, -0.15) is 11.8 Å². The number of anilines is 2. The zero-order valence-corrected chi connectivity index (χ0v) is 17.7. The van der Waals surface area contributed by atoms with Crippen molar-refractivity contribution in [2.75, 3.05) is 28.9 Å². The molecule has 4 atom stereocenters. The zero-order chi connectivity index (χ0) is 21.0. The molecule has 7 heteroatoms. The maximum absolute atomic E-state index is 13.7. The summed E-state index contributed by atoms with van der Waals surface area (Å²) in [6.07, 6.45) is 2.73. The second-order valence-corrected chi connectivity index (χ2v) is 9.06. The molecule has 2 aromatic rings.